The topological polar surface area (TPSA) is 58.1 Å². The first-order valence-corrected chi connectivity index (χ1v) is 9.49. The smallest absolute Gasteiger partial charge is 0.417 e. The van der Waals surface area contributed by atoms with Crippen molar-refractivity contribution in [3.63, 3.8) is 0 Å². The van der Waals surface area contributed by atoms with Crippen molar-refractivity contribution in [1.82, 2.24) is 9.97 Å². The average molecular weight is 445 g/mol. The summed E-state index contributed by atoms with van der Waals surface area (Å²) in [6, 6.07) is 6.66. The van der Waals surface area contributed by atoms with Crippen LogP contribution in [-0.2, 0) is 11.8 Å². The van der Waals surface area contributed by atoms with E-state index >= 15 is 0 Å². The maximum Gasteiger partial charge on any atom is 0.417 e. The molecule has 0 saturated carbocycles. The standard InChI is InChI=1S/C21H21ClF4N2O2/c1-19(2,15-8-13(23)4-5-17(15)30-3)11-20(29,21(24,25)26)9-14-6-12-7-18(22)27-10-16(12)28-14/h4-8,10,28-29H,9,11H2,1-3H3. The number of benzene rings is 1. The summed E-state index contributed by atoms with van der Waals surface area (Å²) in [4.78, 5) is 6.73. The van der Waals surface area contributed by atoms with Gasteiger partial charge in [-0.3, -0.25) is 0 Å². The highest BCUT2D eigenvalue weighted by atomic mass is 35.5. The SMILES string of the molecule is COc1ccc(F)cc1C(C)(C)CC(O)(Cc1cc2cc(Cl)ncc2[nH]1)C(F)(F)F. The first kappa shape index (κ1) is 22.4. The number of pyridine rings is 1. The molecule has 0 aliphatic rings. The molecule has 0 spiro atoms. The predicted molar refractivity (Wildman–Crippen MR) is 106 cm³/mol. The fraction of sp³-hybridized carbons (Fsp3) is 0.381. The normalized spacial score (nSPS) is 14.7. The second-order valence-corrected chi connectivity index (χ2v) is 8.39. The molecule has 0 fully saturated rings. The molecule has 30 heavy (non-hydrogen) atoms. The molecule has 9 heteroatoms. The van der Waals surface area contributed by atoms with E-state index in [1.807, 2.05) is 0 Å². The number of hydrogen-bond donors (Lipinski definition) is 2. The second-order valence-electron chi connectivity index (χ2n) is 8.00. The molecule has 1 atom stereocenters. The molecule has 0 aliphatic heterocycles. The first-order valence-electron chi connectivity index (χ1n) is 9.11. The summed E-state index contributed by atoms with van der Waals surface area (Å²) in [7, 11) is 1.35. The van der Waals surface area contributed by atoms with Crippen molar-refractivity contribution >= 4 is 22.5 Å². The summed E-state index contributed by atoms with van der Waals surface area (Å²) in [5.41, 5.74) is -3.42. The minimum Gasteiger partial charge on any atom is -0.496 e. The minimum atomic E-state index is -4.93. The lowest BCUT2D eigenvalue weighted by molar-refractivity contribution is -0.266. The Labute approximate surface area is 175 Å². The molecule has 1 unspecified atom stereocenters. The Bertz CT molecular complexity index is 1060. The van der Waals surface area contributed by atoms with E-state index in [9.17, 15) is 22.7 Å². The van der Waals surface area contributed by atoms with E-state index < -0.39 is 35.9 Å². The lowest BCUT2D eigenvalue weighted by Gasteiger charge is -2.38. The lowest BCUT2D eigenvalue weighted by atomic mass is 9.73. The number of rotatable bonds is 6. The van der Waals surface area contributed by atoms with Crippen LogP contribution in [0, 0.1) is 5.82 Å². The number of methoxy groups -OCH3 is 1. The van der Waals surface area contributed by atoms with Gasteiger partial charge in [0, 0.05) is 23.1 Å². The van der Waals surface area contributed by atoms with Crippen LogP contribution in [0.3, 0.4) is 0 Å². The third-order valence-electron chi connectivity index (χ3n) is 5.16. The number of nitrogens with zero attached hydrogens (tertiary/aromatic N) is 1. The van der Waals surface area contributed by atoms with Crippen molar-refractivity contribution in [2.24, 2.45) is 0 Å². The molecule has 3 rings (SSSR count). The second kappa shape index (κ2) is 7.74. The van der Waals surface area contributed by atoms with E-state index in [4.69, 9.17) is 16.3 Å². The average Bonchev–Trinajstić information content (AvgIpc) is 3.01. The molecule has 2 N–H and O–H groups in total. The highest BCUT2D eigenvalue weighted by molar-refractivity contribution is 6.30. The molecule has 2 heterocycles. The summed E-state index contributed by atoms with van der Waals surface area (Å²) in [5.74, 6) is -0.355. The third-order valence-corrected chi connectivity index (χ3v) is 5.37. The number of hydrogen-bond acceptors (Lipinski definition) is 3. The quantitative estimate of drug-likeness (QED) is 0.386. The molecule has 162 valence electrons. The van der Waals surface area contributed by atoms with E-state index in [0.717, 1.165) is 12.1 Å². The zero-order valence-corrected chi connectivity index (χ0v) is 17.3. The molecule has 4 nitrogen and oxygen atoms in total. The molecule has 0 bridgehead atoms. The van der Waals surface area contributed by atoms with Crippen LogP contribution < -0.4 is 4.74 Å². The summed E-state index contributed by atoms with van der Waals surface area (Å²) in [6.07, 6.45) is -4.95. The molecule has 3 aromatic rings. The van der Waals surface area contributed by atoms with Crippen LogP contribution in [-0.4, -0.2) is 34.0 Å². The number of halogens is 5. The number of alkyl halides is 3. The van der Waals surface area contributed by atoms with Crippen LogP contribution in [0.2, 0.25) is 5.15 Å². The summed E-state index contributed by atoms with van der Waals surface area (Å²) in [6.45, 7) is 3.02. The van der Waals surface area contributed by atoms with Gasteiger partial charge >= 0.3 is 6.18 Å². The van der Waals surface area contributed by atoms with Gasteiger partial charge < -0.3 is 14.8 Å². The fourth-order valence-electron chi connectivity index (χ4n) is 3.77. The van der Waals surface area contributed by atoms with Gasteiger partial charge in [0.05, 0.1) is 18.8 Å². The summed E-state index contributed by atoms with van der Waals surface area (Å²) >= 11 is 5.83. The van der Waals surface area contributed by atoms with Crippen molar-refractivity contribution in [1.29, 1.82) is 0 Å². The van der Waals surface area contributed by atoms with Gasteiger partial charge in [0.25, 0.3) is 0 Å². The Morgan fingerprint density at radius 2 is 1.87 bits per heavy atom. The lowest BCUT2D eigenvalue weighted by Crippen LogP contribution is -2.51. The van der Waals surface area contributed by atoms with Gasteiger partial charge in [0.15, 0.2) is 5.60 Å². The highest BCUT2D eigenvalue weighted by Crippen LogP contribution is 2.45. The van der Waals surface area contributed by atoms with E-state index in [-0.39, 0.29) is 22.2 Å². The van der Waals surface area contributed by atoms with Gasteiger partial charge in [-0.15, -0.1) is 0 Å². The van der Waals surface area contributed by atoms with Gasteiger partial charge in [0.1, 0.15) is 16.7 Å². The Balaban J connectivity index is 1.99. The van der Waals surface area contributed by atoms with Crippen LogP contribution in [0.5, 0.6) is 5.75 Å². The van der Waals surface area contributed by atoms with Gasteiger partial charge in [0.2, 0.25) is 0 Å². The molecule has 0 saturated heterocycles. The number of aromatic nitrogens is 2. The van der Waals surface area contributed by atoms with Crippen molar-refractivity contribution < 1.29 is 27.4 Å². The van der Waals surface area contributed by atoms with E-state index in [2.05, 4.69) is 9.97 Å². The maximum atomic E-state index is 14.0. The number of H-pyrrole nitrogens is 1. The third kappa shape index (κ3) is 4.39. The van der Waals surface area contributed by atoms with Gasteiger partial charge in [-0.2, -0.15) is 13.2 Å². The zero-order chi connectivity index (χ0) is 22.3. The van der Waals surface area contributed by atoms with E-state index in [1.54, 1.807) is 0 Å². The molecule has 1 aromatic carbocycles. The largest absolute Gasteiger partial charge is 0.496 e. The Morgan fingerprint density at radius 3 is 2.50 bits per heavy atom. The summed E-state index contributed by atoms with van der Waals surface area (Å²) in [5, 5.41) is 11.6. The van der Waals surface area contributed by atoms with Crippen molar-refractivity contribution in [3.8, 4) is 5.75 Å². The van der Waals surface area contributed by atoms with Crippen molar-refractivity contribution in [2.45, 2.75) is 43.9 Å². The molecular weight excluding hydrogens is 424 g/mol. The van der Waals surface area contributed by atoms with Crippen LogP contribution in [0.1, 0.15) is 31.5 Å². The molecule has 2 aromatic heterocycles. The maximum absolute atomic E-state index is 14.0. The number of aliphatic hydroxyl groups is 1. The highest BCUT2D eigenvalue weighted by Gasteiger charge is 2.56. The van der Waals surface area contributed by atoms with Crippen LogP contribution in [0.15, 0.2) is 36.5 Å². The Kier molecular flexibility index (Phi) is 5.77. The fourth-order valence-corrected chi connectivity index (χ4v) is 3.94. The minimum absolute atomic E-state index is 0.177. The predicted octanol–water partition coefficient (Wildman–Crippen LogP) is 5.57. The first-order chi connectivity index (χ1) is 13.8. The molecule has 0 radical (unpaired) electrons. The van der Waals surface area contributed by atoms with Gasteiger partial charge in [-0.1, -0.05) is 25.4 Å². The Morgan fingerprint density at radius 1 is 1.17 bits per heavy atom. The van der Waals surface area contributed by atoms with E-state index in [0.29, 0.717) is 10.9 Å². The number of nitrogens with one attached hydrogen (secondary N) is 1. The van der Waals surface area contributed by atoms with Crippen molar-refractivity contribution in [2.75, 3.05) is 7.11 Å². The molecule has 0 aliphatic carbocycles. The van der Waals surface area contributed by atoms with Crippen LogP contribution in [0.4, 0.5) is 17.6 Å². The Hall–Kier alpha value is -2.32. The molecule has 0 amide bonds. The van der Waals surface area contributed by atoms with Gasteiger partial charge in [-0.25, -0.2) is 9.37 Å². The number of aromatic amines is 1. The number of ether oxygens (including phenoxy) is 1. The van der Waals surface area contributed by atoms with Crippen LogP contribution in [0.25, 0.3) is 10.9 Å². The number of fused-ring (bicyclic) bond motifs is 1. The van der Waals surface area contributed by atoms with Gasteiger partial charge in [-0.05, 0) is 42.2 Å². The van der Waals surface area contributed by atoms with Crippen molar-refractivity contribution in [3.05, 3.63) is 58.8 Å². The monoisotopic (exact) mass is 444 g/mol. The van der Waals surface area contributed by atoms with Crippen LogP contribution >= 0.6 is 11.6 Å². The zero-order valence-electron chi connectivity index (χ0n) is 16.6. The van der Waals surface area contributed by atoms with E-state index in [1.165, 1.54) is 45.4 Å². The molecular formula is C21H21ClF4N2O2. The summed E-state index contributed by atoms with van der Waals surface area (Å²) < 4.78 is 61.1.